The Morgan fingerprint density at radius 2 is 2.03 bits per heavy atom. The second-order valence-corrected chi connectivity index (χ2v) is 10.1. The average molecular weight is 484 g/mol. The van der Waals surface area contributed by atoms with E-state index in [0.29, 0.717) is 17.7 Å². The van der Waals surface area contributed by atoms with Gasteiger partial charge < -0.3 is 14.4 Å². The molecular weight excluding hydrogens is 460 g/mol. The summed E-state index contributed by atoms with van der Waals surface area (Å²) in [6.45, 7) is 7.98. The van der Waals surface area contributed by atoms with Crippen LogP contribution in [0.3, 0.4) is 0 Å². The summed E-state index contributed by atoms with van der Waals surface area (Å²) < 4.78 is 26.8. The van der Waals surface area contributed by atoms with Crippen LogP contribution in [0.15, 0.2) is 0 Å². The Morgan fingerprint density at radius 3 is 2.72 bits per heavy atom. The minimum Gasteiger partial charge on any atom is -0.472 e. The Morgan fingerprint density at radius 1 is 1.28 bits per heavy atom. The minimum absolute atomic E-state index is 0.0173. The van der Waals surface area contributed by atoms with Gasteiger partial charge in [-0.25, -0.2) is 19.2 Å². The van der Waals surface area contributed by atoms with Crippen LogP contribution >= 0.6 is 23.2 Å². The molecular formula is C21H24Cl2FN5O3. The topological polar surface area (TPSA) is 80.7 Å². The fourth-order valence-electron chi connectivity index (χ4n) is 5.12. The van der Waals surface area contributed by atoms with E-state index in [1.165, 1.54) is 0 Å². The number of carbonyl (C=O) groups is 1. The van der Waals surface area contributed by atoms with Gasteiger partial charge in [0.1, 0.15) is 34.3 Å². The lowest BCUT2D eigenvalue weighted by atomic mass is 9.98. The quantitative estimate of drug-likeness (QED) is 0.441. The van der Waals surface area contributed by atoms with Crippen molar-refractivity contribution in [2.24, 2.45) is 0 Å². The molecule has 5 rings (SSSR count). The van der Waals surface area contributed by atoms with Crippen LogP contribution in [0.2, 0.25) is 5.15 Å². The normalized spacial score (nSPS) is 26.6. The Kier molecular flexibility index (Phi) is 5.05. The number of hydrogen-bond acceptors (Lipinski definition) is 7. The lowest BCUT2D eigenvalue weighted by Crippen LogP contribution is -2.65. The van der Waals surface area contributed by atoms with Crippen molar-refractivity contribution >= 4 is 46.0 Å². The van der Waals surface area contributed by atoms with Crippen molar-refractivity contribution < 1.29 is 18.7 Å². The van der Waals surface area contributed by atoms with Gasteiger partial charge in [-0.05, 0) is 40.5 Å². The Balaban J connectivity index is 1.64. The maximum atomic E-state index is 14.9. The largest absolute Gasteiger partial charge is 0.472 e. The summed E-state index contributed by atoms with van der Waals surface area (Å²) in [6, 6.07) is -0.453. The SMILES string of the molecule is C[C@@H]1Oc2nc(Cl)c(F)c3nc(CCl)nc(c23)N2C[C@H]3CC[C@@H]([C@@H]12)N3C(=O)OC(C)(C)C. The van der Waals surface area contributed by atoms with Crippen LogP contribution in [0.4, 0.5) is 15.0 Å². The van der Waals surface area contributed by atoms with Crippen LogP contribution in [0, 0.1) is 5.82 Å². The van der Waals surface area contributed by atoms with Gasteiger partial charge >= 0.3 is 6.09 Å². The summed E-state index contributed by atoms with van der Waals surface area (Å²) in [5.41, 5.74) is -0.558. The van der Waals surface area contributed by atoms with Crippen molar-refractivity contribution in [3.63, 3.8) is 0 Å². The molecule has 0 radical (unpaired) electrons. The molecule has 4 atom stereocenters. The van der Waals surface area contributed by atoms with E-state index in [4.69, 9.17) is 32.7 Å². The predicted octanol–water partition coefficient (Wildman–Crippen LogP) is 4.29. The van der Waals surface area contributed by atoms with Crippen LogP contribution in [0.1, 0.15) is 46.4 Å². The summed E-state index contributed by atoms with van der Waals surface area (Å²) in [7, 11) is 0. The van der Waals surface area contributed by atoms with E-state index < -0.39 is 11.4 Å². The van der Waals surface area contributed by atoms with Gasteiger partial charge in [-0.1, -0.05) is 11.6 Å². The molecule has 8 nitrogen and oxygen atoms in total. The van der Waals surface area contributed by atoms with Gasteiger partial charge in [-0.3, -0.25) is 4.90 Å². The molecule has 172 valence electrons. The molecule has 11 heteroatoms. The van der Waals surface area contributed by atoms with Gasteiger partial charge in [0.25, 0.3) is 0 Å². The number of ether oxygens (including phenoxy) is 2. The summed E-state index contributed by atoms with van der Waals surface area (Å²) in [5.74, 6) is 0.272. The van der Waals surface area contributed by atoms with E-state index in [9.17, 15) is 9.18 Å². The Bertz CT molecular complexity index is 1110. The van der Waals surface area contributed by atoms with E-state index >= 15 is 0 Å². The Hall–Kier alpha value is -2.13. The van der Waals surface area contributed by atoms with Gasteiger partial charge in [0.15, 0.2) is 11.0 Å². The van der Waals surface area contributed by atoms with E-state index in [1.807, 2.05) is 32.6 Å². The van der Waals surface area contributed by atoms with Crippen LogP contribution in [-0.2, 0) is 10.6 Å². The number of halogens is 3. The molecule has 0 N–H and O–H groups in total. The molecule has 0 aliphatic carbocycles. The monoisotopic (exact) mass is 483 g/mol. The number of alkyl halides is 1. The van der Waals surface area contributed by atoms with Crippen LogP contribution in [0.25, 0.3) is 10.9 Å². The Labute approximate surface area is 195 Å². The molecule has 0 aromatic carbocycles. The third-order valence-electron chi connectivity index (χ3n) is 6.22. The fraction of sp³-hybridized carbons (Fsp3) is 0.619. The molecule has 5 heterocycles. The molecule has 0 saturated carbocycles. The van der Waals surface area contributed by atoms with Crippen molar-refractivity contribution in [2.75, 3.05) is 11.4 Å². The van der Waals surface area contributed by atoms with Gasteiger partial charge in [0, 0.05) is 6.54 Å². The van der Waals surface area contributed by atoms with Gasteiger partial charge in [0.2, 0.25) is 5.88 Å². The highest BCUT2D eigenvalue weighted by Gasteiger charge is 2.53. The van der Waals surface area contributed by atoms with E-state index in [-0.39, 0.29) is 58.6 Å². The van der Waals surface area contributed by atoms with E-state index in [2.05, 4.69) is 19.9 Å². The maximum Gasteiger partial charge on any atom is 0.410 e. The molecule has 0 spiro atoms. The van der Waals surface area contributed by atoms with Crippen molar-refractivity contribution in [3.05, 3.63) is 16.8 Å². The summed E-state index contributed by atoms with van der Waals surface area (Å²) >= 11 is 12.1. The zero-order valence-electron chi connectivity index (χ0n) is 18.2. The molecule has 3 aliphatic rings. The number of carbonyl (C=O) groups excluding carboxylic acids is 1. The molecule has 32 heavy (non-hydrogen) atoms. The van der Waals surface area contributed by atoms with Crippen LogP contribution in [0.5, 0.6) is 5.88 Å². The molecule has 1 amide bonds. The zero-order valence-corrected chi connectivity index (χ0v) is 19.7. The number of fused-ring (bicyclic) bond motifs is 5. The second kappa shape index (κ2) is 7.45. The highest BCUT2D eigenvalue weighted by atomic mass is 35.5. The first-order chi connectivity index (χ1) is 15.1. The summed E-state index contributed by atoms with van der Waals surface area (Å²) in [5, 5.41) is 0.0573. The first-order valence-electron chi connectivity index (χ1n) is 10.6. The number of amides is 1. The molecule has 2 bridgehead atoms. The molecule has 0 unspecified atom stereocenters. The number of nitrogens with zero attached hydrogens (tertiary/aromatic N) is 5. The molecule has 3 aliphatic heterocycles. The number of rotatable bonds is 1. The first kappa shape index (κ1) is 21.7. The van der Waals surface area contributed by atoms with Crippen LogP contribution < -0.4 is 9.64 Å². The number of anilines is 1. The van der Waals surface area contributed by atoms with Crippen LogP contribution in [-0.4, -0.2) is 62.3 Å². The van der Waals surface area contributed by atoms with Crippen molar-refractivity contribution in [1.29, 1.82) is 0 Å². The van der Waals surface area contributed by atoms with E-state index in [1.54, 1.807) is 0 Å². The third kappa shape index (κ3) is 3.32. The number of aromatic nitrogens is 3. The van der Waals surface area contributed by atoms with Crippen molar-refractivity contribution in [1.82, 2.24) is 19.9 Å². The van der Waals surface area contributed by atoms with Crippen molar-refractivity contribution in [2.45, 2.75) is 76.2 Å². The summed E-state index contributed by atoms with van der Waals surface area (Å²) in [6.07, 6.45) is 0.921. The first-order valence-corrected chi connectivity index (χ1v) is 11.6. The zero-order chi connectivity index (χ0) is 22.9. The molecule has 2 fully saturated rings. The second-order valence-electron chi connectivity index (χ2n) is 9.49. The number of hydrogen-bond donors (Lipinski definition) is 0. The smallest absolute Gasteiger partial charge is 0.410 e. The summed E-state index contributed by atoms with van der Waals surface area (Å²) in [4.78, 5) is 30.0. The number of pyridine rings is 1. The number of piperazine rings is 1. The minimum atomic E-state index is -0.731. The maximum absolute atomic E-state index is 14.9. The standard InChI is InChI=1S/C21H24Cl2FN5O3/c1-9-16-11-6-5-10(29(11)20(30)32-21(2,3)4)8-28(16)18-13-15(25-12(7-22)26-18)14(24)17(23)27-19(13)31-9/h9-11,16H,5-8H2,1-4H3/t9-,10+,11-,16+/m0/s1. The third-order valence-corrected chi connectivity index (χ3v) is 6.71. The van der Waals surface area contributed by atoms with Gasteiger partial charge in [0.05, 0.1) is 24.0 Å². The predicted molar refractivity (Wildman–Crippen MR) is 118 cm³/mol. The highest BCUT2D eigenvalue weighted by Crippen LogP contribution is 2.45. The lowest BCUT2D eigenvalue weighted by Gasteiger charge is -2.48. The molecule has 2 saturated heterocycles. The fourth-order valence-corrected chi connectivity index (χ4v) is 5.40. The molecule has 2 aromatic heterocycles. The van der Waals surface area contributed by atoms with Gasteiger partial charge in [-0.2, -0.15) is 4.98 Å². The van der Waals surface area contributed by atoms with E-state index in [0.717, 1.165) is 12.8 Å². The van der Waals surface area contributed by atoms with Gasteiger partial charge in [-0.15, -0.1) is 11.6 Å². The van der Waals surface area contributed by atoms with Crippen molar-refractivity contribution in [3.8, 4) is 5.88 Å². The average Bonchev–Trinajstić information content (AvgIpc) is 2.96. The highest BCUT2D eigenvalue weighted by molar-refractivity contribution is 6.30. The lowest BCUT2D eigenvalue weighted by molar-refractivity contribution is 0.000955. The molecule has 2 aromatic rings.